The molecule has 2 aromatic carbocycles. The van der Waals surface area contributed by atoms with Gasteiger partial charge in [0.25, 0.3) is 0 Å². The SMILES string of the molecule is C[n+]1c(C(F)(F)F)n(-c2ccccc2)c2ccccc21.O=S(=O)([O-])C(F)(F)F. The number of fused-ring (bicyclic) bond motifs is 1. The van der Waals surface area contributed by atoms with Gasteiger partial charge in [-0.15, -0.1) is 0 Å². The number of halogens is 6. The lowest BCUT2D eigenvalue weighted by Crippen LogP contribution is -2.38. The minimum Gasteiger partial charge on any atom is -0.741 e. The van der Waals surface area contributed by atoms with E-state index in [1.165, 1.54) is 16.2 Å². The molecule has 0 N–H and O–H groups in total. The summed E-state index contributed by atoms with van der Waals surface area (Å²) in [5.74, 6) is -0.690. The third-order valence-electron chi connectivity index (χ3n) is 3.56. The second-order valence-corrected chi connectivity index (χ2v) is 6.81. The Morgan fingerprint density at radius 1 is 0.893 bits per heavy atom. The van der Waals surface area contributed by atoms with Crippen LogP contribution in [0.2, 0.25) is 0 Å². The minimum atomic E-state index is -6.09. The molecule has 0 radical (unpaired) electrons. The highest BCUT2D eigenvalue weighted by Gasteiger charge is 2.46. The summed E-state index contributed by atoms with van der Waals surface area (Å²) in [5.41, 5.74) is -4.07. The van der Waals surface area contributed by atoms with E-state index in [4.69, 9.17) is 13.0 Å². The smallest absolute Gasteiger partial charge is 0.495 e. The van der Waals surface area contributed by atoms with E-state index in [-0.39, 0.29) is 0 Å². The number of hydrogen-bond donors (Lipinski definition) is 0. The number of alkyl halides is 6. The Balaban J connectivity index is 0.000000300. The molecule has 0 aliphatic carbocycles. The van der Waals surface area contributed by atoms with E-state index < -0.39 is 27.6 Å². The lowest BCUT2D eigenvalue weighted by Gasteiger charge is -2.08. The van der Waals surface area contributed by atoms with Gasteiger partial charge in [-0.1, -0.05) is 30.3 Å². The van der Waals surface area contributed by atoms with Crippen LogP contribution in [-0.4, -0.2) is 23.0 Å². The van der Waals surface area contributed by atoms with Crippen molar-refractivity contribution in [1.29, 1.82) is 0 Å². The maximum atomic E-state index is 13.4. The van der Waals surface area contributed by atoms with Gasteiger partial charge in [0.1, 0.15) is 5.69 Å². The number of para-hydroxylation sites is 3. The summed E-state index contributed by atoms with van der Waals surface area (Å²) in [6, 6.07) is 15.4. The van der Waals surface area contributed by atoms with Crippen LogP contribution in [0.4, 0.5) is 26.3 Å². The molecule has 152 valence electrons. The van der Waals surface area contributed by atoms with Crippen molar-refractivity contribution in [3.05, 3.63) is 60.4 Å². The molecule has 5 nitrogen and oxygen atoms in total. The number of hydrogen-bond acceptors (Lipinski definition) is 3. The van der Waals surface area contributed by atoms with Gasteiger partial charge in [0.15, 0.2) is 21.2 Å². The van der Waals surface area contributed by atoms with Crippen LogP contribution in [-0.2, 0) is 23.3 Å². The van der Waals surface area contributed by atoms with Crippen molar-refractivity contribution >= 4 is 21.2 Å². The Morgan fingerprint density at radius 2 is 1.36 bits per heavy atom. The molecule has 0 aliphatic rings. The van der Waals surface area contributed by atoms with Crippen molar-refractivity contribution in [2.75, 3.05) is 0 Å². The van der Waals surface area contributed by atoms with Crippen molar-refractivity contribution in [2.24, 2.45) is 7.05 Å². The number of aromatic nitrogens is 2. The molecule has 0 bridgehead atoms. The lowest BCUT2D eigenvalue weighted by atomic mass is 10.3. The first kappa shape index (κ1) is 21.7. The molecule has 0 amide bonds. The highest BCUT2D eigenvalue weighted by molar-refractivity contribution is 7.86. The Morgan fingerprint density at radius 3 is 1.82 bits per heavy atom. The highest BCUT2D eigenvalue weighted by atomic mass is 32.2. The van der Waals surface area contributed by atoms with Gasteiger partial charge in [-0.2, -0.15) is 30.9 Å². The van der Waals surface area contributed by atoms with E-state index in [1.807, 2.05) is 0 Å². The topological polar surface area (TPSA) is 66.0 Å². The summed E-state index contributed by atoms with van der Waals surface area (Å²) in [7, 11) is -4.66. The molecule has 12 heteroatoms. The van der Waals surface area contributed by atoms with Gasteiger partial charge in [0, 0.05) is 0 Å². The minimum absolute atomic E-state index is 0.497. The number of rotatable bonds is 1. The molecule has 0 unspecified atom stereocenters. The van der Waals surface area contributed by atoms with Crippen LogP contribution in [0.15, 0.2) is 54.6 Å². The maximum Gasteiger partial charge on any atom is 0.495 e. The van der Waals surface area contributed by atoms with E-state index in [1.54, 1.807) is 54.6 Å². The van der Waals surface area contributed by atoms with E-state index in [9.17, 15) is 26.3 Å². The fourth-order valence-corrected chi connectivity index (χ4v) is 2.47. The number of benzene rings is 2. The lowest BCUT2D eigenvalue weighted by molar-refractivity contribution is -0.667. The first-order chi connectivity index (χ1) is 12.7. The molecule has 0 atom stereocenters. The van der Waals surface area contributed by atoms with E-state index >= 15 is 0 Å². The fourth-order valence-electron chi connectivity index (χ4n) is 2.47. The van der Waals surface area contributed by atoms with Crippen molar-refractivity contribution in [3.63, 3.8) is 0 Å². The van der Waals surface area contributed by atoms with Crippen LogP contribution >= 0.6 is 0 Å². The van der Waals surface area contributed by atoms with Gasteiger partial charge in [0.05, 0.1) is 7.05 Å². The molecule has 1 heterocycles. The first-order valence-corrected chi connectivity index (χ1v) is 8.80. The quantitative estimate of drug-likeness (QED) is 0.259. The molecule has 3 rings (SSSR count). The molecule has 0 saturated carbocycles. The van der Waals surface area contributed by atoms with Gasteiger partial charge < -0.3 is 4.55 Å². The Hall–Kier alpha value is -2.60. The standard InChI is InChI=1S/C15H12F3N2.CHF3O3S/c1-19-12-9-5-6-10-13(12)20(14(19)15(16,17)18)11-7-3-2-4-8-11;2-1(3,4)8(5,6)7/h2-10H,1H3;(H,5,6,7)/q+1;/p-1. The van der Waals surface area contributed by atoms with Gasteiger partial charge >= 0.3 is 17.5 Å². The summed E-state index contributed by atoms with van der Waals surface area (Å²) in [6.07, 6.45) is -4.43. The summed E-state index contributed by atoms with van der Waals surface area (Å²) in [6.45, 7) is 0. The maximum absolute atomic E-state index is 13.4. The van der Waals surface area contributed by atoms with Crippen molar-refractivity contribution < 1.29 is 43.9 Å². The van der Waals surface area contributed by atoms with E-state index in [0.29, 0.717) is 16.7 Å². The molecular formula is C16H12F6N2O3S. The molecule has 3 aromatic rings. The zero-order valence-corrected chi connectivity index (χ0v) is 14.8. The molecule has 0 fully saturated rings. The Kier molecular flexibility index (Phi) is 5.76. The van der Waals surface area contributed by atoms with Gasteiger partial charge in [-0.3, -0.25) is 0 Å². The highest BCUT2D eigenvalue weighted by Crippen LogP contribution is 2.32. The van der Waals surface area contributed by atoms with E-state index in [0.717, 1.165) is 0 Å². The average molecular weight is 426 g/mol. The molecular weight excluding hydrogens is 414 g/mol. The van der Waals surface area contributed by atoms with Crippen molar-refractivity contribution in [3.8, 4) is 5.69 Å². The Bertz CT molecular complexity index is 1070. The summed E-state index contributed by atoms with van der Waals surface area (Å²) >= 11 is 0. The predicted molar refractivity (Wildman–Crippen MR) is 85.2 cm³/mol. The summed E-state index contributed by atoms with van der Waals surface area (Å²) < 4.78 is 102. The normalized spacial score (nSPS) is 12.6. The molecule has 0 aliphatic heterocycles. The molecule has 0 saturated heterocycles. The van der Waals surface area contributed by atoms with E-state index in [2.05, 4.69) is 0 Å². The van der Waals surface area contributed by atoms with Crippen molar-refractivity contribution in [2.45, 2.75) is 11.7 Å². The first-order valence-electron chi connectivity index (χ1n) is 7.39. The average Bonchev–Trinajstić information content (AvgIpc) is 2.88. The van der Waals surface area contributed by atoms with Crippen LogP contribution in [0.25, 0.3) is 16.7 Å². The van der Waals surface area contributed by atoms with Gasteiger partial charge in [-0.05, 0) is 24.3 Å². The molecule has 28 heavy (non-hydrogen) atoms. The van der Waals surface area contributed by atoms with Crippen LogP contribution in [0, 0.1) is 0 Å². The third kappa shape index (κ3) is 4.44. The number of aryl methyl sites for hydroxylation is 1. The molecule has 1 aromatic heterocycles. The monoisotopic (exact) mass is 426 g/mol. The summed E-state index contributed by atoms with van der Waals surface area (Å²) in [5, 5.41) is 0. The number of nitrogens with zero attached hydrogens (tertiary/aromatic N) is 2. The zero-order chi connectivity index (χ0) is 21.3. The van der Waals surface area contributed by atoms with Crippen LogP contribution in [0.1, 0.15) is 5.82 Å². The third-order valence-corrected chi connectivity index (χ3v) is 4.13. The fraction of sp³-hybridized carbons (Fsp3) is 0.188. The predicted octanol–water partition coefficient (Wildman–Crippen LogP) is 3.53. The van der Waals surface area contributed by atoms with Gasteiger partial charge in [0.2, 0.25) is 0 Å². The van der Waals surface area contributed by atoms with Crippen molar-refractivity contribution in [1.82, 2.24) is 4.57 Å². The zero-order valence-electron chi connectivity index (χ0n) is 14.0. The van der Waals surface area contributed by atoms with Crippen LogP contribution < -0.4 is 4.57 Å². The number of imidazole rings is 1. The van der Waals surface area contributed by atoms with Crippen LogP contribution in [0.3, 0.4) is 0 Å². The largest absolute Gasteiger partial charge is 0.741 e. The molecule has 0 spiro atoms. The van der Waals surface area contributed by atoms with Crippen LogP contribution in [0.5, 0.6) is 0 Å². The Labute approximate surface area is 155 Å². The second-order valence-electron chi connectivity index (χ2n) is 5.44. The summed E-state index contributed by atoms with van der Waals surface area (Å²) in [4.78, 5) is 0. The second kappa shape index (κ2) is 7.43. The van der Waals surface area contributed by atoms with Gasteiger partial charge in [-0.25, -0.2) is 13.0 Å².